The van der Waals surface area contributed by atoms with Gasteiger partial charge >= 0.3 is 6.03 Å². The number of carbonyl (C=O) groups excluding carboxylic acids is 1. The first-order valence-corrected chi connectivity index (χ1v) is 6.48. The Morgan fingerprint density at radius 2 is 1.95 bits per heavy atom. The number of amides is 2. The van der Waals surface area contributed by atoms with Crippen LogP contribution in [-0.2, 0) is 6.54 Å². The predicted octanol–water partition coefficient (Wildman–Crippen LogP) is 0.940. The summed E-state index contributed by atoms with van der Waals surface area (Å²) in [5, 5.41) is 2.73. The molecule has 20 heavy (non-hydrogen) atoms. The molecule has 110 valence electrons. The third kappa shape index (κ3) is 4.43. The fourth-order valence-corrected chi connectivity index (χ4v) is 2.02. The quantitative estimate of drug-likeness (QED) is 0.754. The maximum atomic E-state index is 12.6. The summed E-state index contributed by atoms with van der Waals surface area (Å²) >= 11 is 0. The van der Waals surface area contributed by atoms with Crippen molar-refractivity contribution in [2.24, 2.45) is 0 Å². The highest BCUT2D eigenvalue weighted by Gasteiger charge is 2.22. The number of alkyl halides is 2. The van der Waals surface area contributed by atoms with Gasteiger partial charge in [-0.3, -0.25) is 10.9 Å². The van der Waals surface area contributed by atoms with Gasteiger partial charge in [0, 0.05) is 19.6 Å². The molecular formula is C13H18F2N4O. The molecule has 0 aliphatic carbocycles. The number of hydrogen-bond donors (Lipinski definition) is 3. The number of rotatable bonds is 5. The van der Waals surface area contributed by atoms with E-state index in [-0.39, 0.29) is 12.6 Å². The van der Waals surface area contributed by atoms with Crippen molar-refractivity contribution in [2.45, 2.75) is 19.0 Å². The van der Waals surface area contributed by atoms with Gasteiger partial charge in [0.05, 0.1) is 12.6 Å². The Hall–Kier alpha value is -1.73. The third-order valence-electron chi connectivity index (χ3n) is 3.01. The Labute approximate surface area is 116 Å². The van der Waals surface area contributed by atoms with Crippen LogP contribution in [0.5, 0.6) is 0 Å². The third-order valence-corrected chi connectivity index (χ3v) is 3.01. The fraction of sp³-hybridized carbons (Fsp3) is 0.462. The van der Waals surface area contributed by atoms with Crippen LogP contribution in [0, 0.1) is 0 Å². The number of urea groups is 1. The van der Waals surface area contributed by atoms with Crippen molar-refractivity contribution in [1.82, 2.24) is 21.1 Å². The number of hydrogen-bond acceptors (Lipinski definition) is 3. The molecule has 0 unspecified atom stereocenters. The van der Waals surface area contributed by atoms with Crippen molar-refractivity contribution < 1.29 is 13.6 Å². The molecule has 0 bridgehead atoms. The molecule has 7 heteroatoms. The van der Waals surface area contributed by atoms with Gasteiger partial charge in [0.1, 0.15) is 0 Å². The van der Waals surface area contributed by atoms with Gasteiger partial charge in [-0.25, -0.2) is 13.6 Å². The maximum Gasteiger partial charge on any atom is 0.318 e. The monoisotopic (exact) mass is 284 g/mol. The molecule has 0 saturated carbocycles. The molecule has 1 aromatic rings. The number of hydrazine groups is 1. The van der Waals surface area contributed by atoms with Gasteiger partial charge in [0.15, 0.2) is 0 Å². The summed E-state index contributed by atoms with van der Waals surface area (Å²) in [6.45, 7) is 0.762. The highest BCUT2D eigenvalue weighted by Crippen LogP contribution is 2.08. The number of benzene rings is 1. The second-order valence-corrected chi connectivity index (χ2v) is 4.67. The maximum absolute atomic E-state index is 12.6. The number of nitrogens with one attached hydrogen (secondary N) is 3. The van der Waals surface area contributed by atoms with Crippen LogP contribution >= 0.6 is 0 Å². The zero-order valence-electron chi connectivity index (χ0n) is 11.0. The summed E-state index contributed by atoms with van der Waals surface area (Å²) in [5.41, 5.74) is 6.58. The van der Waals surface area contributed by atoms with Crippen molar-refractivity contribution >= 4 is 6.03 Å². The Kier molecular flexibility index (Phi) is 5.25. The molecule has 1 aromatic carbocycles. The largest absolute Gasteiger partial charge is 0.333 e. The van der Waals surface area contributed by atoms with Gasteiger partial charge in [-0.2, -0.15) is 0 Å². The molecule has 0 radical (unpaired) electrons. The molecule has 1 aliphatic heterocycles. The van der Waals surface area contributed by atoms with E-state index >= 15 is 0 Å². The topological polar surface area (TPSA) is 56.4 Å². The molecule has 0 atom stereocenters. The lowest BCUT2D eigenvalue weighted by molar-refractivity contribution is 0.0950. The Bertz CT molecular complexity index is 424. The molecule has 0 aromatic heterocycles. The van der Waals surface area contributed by atoms with E-state index in [1.54, 1.807) is 0 Å². The van der Waals surface area contributed by atoms with Crippen LogP contribution in [0.15, 0.2) is 30.3 Å². The summed E-state index contributed by atoms with van der Waals surface area (Å²) < 4.78 is 25.2. The van der Waals surface area contributed by atoms with E-state index < -0.39 is 19.0 Å². The van der Waals surface area contributed by atoms with Gasteiger partial charge in [0.25, 0.3) is 6.43 Å². The van der Waals surface area contributed by atoms with Crippen molar-refractivity contribution in [1.29, 1.82) is 0 Å². The molecule has 2 rings (SSSR count). The van der Waals surface area contributed by atoms with Crippen LogP contribution in [0.25, 0.3) is 0 Å². The predicted molar refractivity (Wildman–Crippen MR) is 71.2 cm³/mol. The van der Waals surface area contributed by atoms with E-state index in [0.717, 1.165) is 10.5 Å². The first-order valence-electron chi connectivity index (χ1n) is 6.48. The lowest BCUT2D eigenvalue weighted by Crippen LogP contribution is -2.47. The summed E-state index contributed by atoms with van der Waals surface area (Å²) in [6.07, 6.45) is -2.55. The Morgan fingerprint density at radius 1 is 1.30 bits per heavy atom. The molecule has 1 heterocycles. The first-order chi connectivity index (χ1) is 9.65. The van der Waals surface area contributed by atoms with Crippen molar-refractivity contribution in [3.8, 4) is 0 Å². The zero-order chi connectivity index (χ0) is 14.4. The number of carbonyl (C=O) groups is 1. The van der Waals surface area contributed by atoms with Crippen LogP contribution in [-0.4, -0.2) is 43.0 Å². The number of halogens is 2. The average molecular weight is 284 g/mol. The Morgan fingerprint density at radius 3 is 2.55 bits per heavy atom. The van der Waals surface area contributed by atoms with Gasteiger partial charge in [-0.05, 0) is 5.56 Å². The number of nitrogens with zero attached hydrogens (tertiary/aromatic N) is 1. The minimum atomic E-state index is -2.55. The van der Waals surface area contributed by atoms with Gasteiger partial charge in [-0.1, -0.05) is 30.3 Å². The summed E-state index contributed by atoms with van der Waals surface area (Å²) in [6, 6.07) is 8.55. The molecule has 3 N–H and O–H groups in total. The molecule has 1 saturated heterocycles. The van der Waals surface area contributed by atoms with Crippen LogP contribution in [0.2, 0.25) is 0 Å². The zero-order valence-corrected chi connectivity index (χ0v) is 11.0. The van der Waals surface area contributed by atoms with Crippen LogP contribution in [0.4, 0.5) is 13.6 Å². The summed E-state index contributed by atoms with van der Waals surface area (Å²) in [4.78, 5) is 13.2. The van der Waals surface area contributed by atoms with Gasteiger partial charge in [-0.15, -0.1) is 0 Å². The molecule has 2 amide bonds. The smallest absolute Gasteiger partial charge is 0.318 e. The minimum absolute atomic E-state index is 0.0848. The second kappa shape index (κ2) is 7.16. The lowest BCUT2D eigenvalue weighted by atomic mass is 10.2. The molecular weight excluding hydrogens is 266 g/mol. The van der Waals surface area contributed by atoms with Crippen LogP contribution < -0.4 is 16.2 Å². The van der Waals surface area contributed by atoms with Gasteiger partial charge in [0.2, 0.25) is 0 Å². The van der Waals surface area contributed by atoms with E-state index in [0.29, 0.717) is 13.1 Å². The van der Waals surface area contributed by atoms with E-state index in [1.165, 1.54) is 0 Å². The van der Waals surface area contributed by atoms with E-state index in [2.05, 4.69) is 16.2 Å². The molecule has 5 nitrogen and oxygen atoms in total. The van der Waals surface area contributed by atoms with Crippen LogP contribution in [0.3, 0.4) is 0 Å². The SMILES string of the molecule is O=C(NC1CNNC1)N(Cc1ccccc1)CC(F)F. The normalized spacial score (nSPS) is 15.6. The van der Waals surface area contributed by atoms with Crippen molar-refractivity contribution in [3.05, 3.63) is 35.9 Å². The minimum Gasteiger partial charge on any atom is -0.333 e. The fourth-order valence-electron chi connectivity index (χ4n) is 2.02. The lowest BCUT2D eigenvalue weighted by Gasteiger charge is -2.24. The Balaban J connectivity index is 1.96. The van der Waals surface area contributed by atoms with Crippen molar-refractivity contribution in [2.75, 3.05) is 19.6 Å². The highest BCUT2D eigenvalue weighted by molar-refractivity contribution is 5.74. The standard InChI is InChI=1S/C13H18F2N4O/c14-12(15)9-19(8-10-4-2-1-3-5-10)13(20)18-11-6-16-17-7-11/h1-5,11-12,16-17H,6-9H2,(H,18,20). The van der Waals surface area contributed by atoms with E-state index in [1.807, 2.05) is 30.3 Å². The molecule has 1 fully saturated rings. The highest BCUT2D eigenvalue weighted by atomic mass is 19.3. The second-order valence-electron chi connectivity index (χ2n) is 4.67. The first kappa shape index (κ1) is 14.7. The van der Waals surface area contributed by atoms with Gasteiger partial charge < -0.3 is 10.2 Å². The van der Waals surface area contributed by atoms with Crippen molar-refractivity contribution in [3.63, 3.8) is 0 Å². The average Bonchev–Trinajstić information content (AvgIpc) is 2.91. The summed E-state index contributed by atoms with van der Waals surface area (Å²) in [7, 11) is 0. The molecule has 1 aliphatic rings. The summed E-state index contributed by atoms with van der Waals surface area (Å²) in [5.74, 6) is 0. The molecule has 0 spiro atoms. The van der Waals surface area contributed by atoms with E-state index in [9.17, 15) is 13.6 Å². The van der Waals surface area contributed by atoms with Crippen LogP contribution in [0.1, 0.15) is 5.56 Å². The van der Waals surface area contributed by atoms with E-state index in [4.69, 9.17) is 0 Å².